The van der Waals surface area contributed by atoms with Gasteiger partial charge in [0, 0.05) is 11.7 Å². The Morgan fingerprint density at radius 3 is 2.54 bits per heavy atom. The van der Waals surface area contributed by atoms with Crippen molar-refractivity contribution in [2.75, 3.05) is 5.32 Å². The fourth-order valence-corrected chi connectivity index (χ4v) is 3.63. The van der Waals surface area contributed by atoms with E-state index in [2.05, 4.69) is 14.8 Å². The second-order valence-corrected chi connectivity index (χ2v) is 7.47. The number of para-hydroxylation sites is 1. The number of sulfonamides is 1. The molecule has 3 rings (SSSR count). The Morgan fingerprint density at radius 2 is 1.85 bits per heavy atom. The van der Waals surface area contributed by atoms with Gasteiger partial charge in [0.1, 0.15) is 5.75 Å². The summed E-state index contributed by atoms with van der Waals surface area (Å²) in [5.74, 6) is -0.954. The highest BCUT2D eigenvalue weighted by Crippen LogP contribution is 2.25. The van der Waals surface area contributed by atoms with Crippen LogP contribution in [-0.2, 0) is 10.0 Å². The molecule has 9 heteroatoms. The molecule has 0 spiro atoms. The number of ether oxygens (including phenoxy) is 1. The van der Waals surface area contributed by atoms with E-state index >= 15 is 0 Å². The van der Waals surface area contributed by atoms with Crippen LogP contribution in [0, 0.1) is 0 Å². The summed E-state index contributed by atoms with van der Waals surface area (Å²) in [5, 5.41) is 2.50. The van der Waals surface area contributed by atoms with E-state index in [0.29, 0.717) is 0 Å². The highest BCUT2D eigenvalue weighted by Gasteiger charge is 2.28. The van der Waals surface area contributed by atoms with Gasteiger partial charge >= 0.3 is 6.61 Å². The lowest BCUT2D eigenvalue weighted by Gasteiger charge is -2.12. The van der Waals surface area contributed by atoms with Crippen LogP contribution in [0.2, 0.25) is 0 Å². The van der Waals surface area contributed by atoms with Crippen LogP contribution in [0.25, 0.3) is 0 Å². The average molecular weight is 382 g/mol. The molecule has 0 bridgehead atoms. The summed E-state index contributed by atoms with van der Waals surface area (Å²) in [6, 6.07) is 11.2. The van der Waals surface area contributed by atoms with Crippen LogP contribution in [0.1, 0.15) is 23.2 Å². The molecular weight excluding hydrogens is 366 g/mol. The van der Waals surface area contributed by atoms with E-state index in [4.69, 9.17) is 0 Å². The maximum absolute atomic E-state index is 12.5. The molecule has 0 atom stereocenters. The molecule has 0 saturated heterocycles. The third-order valence-electron chi connectivity index (χ3n) is 3.65. The summed E-state index contributed by atoms with van der Waals surface area (Å²) in [4.78, 5) is 12.4. The minimum Gasteiger partial charge on any atom is -0.434 e. The fraction of sp³-hybridized carbons (Fsp3) is 0.235. The van der Waals surface area contributed by atoms with Crippen molar-refractivity contribution in [1.82, 2.24) is 4.72 Å². The Balaban J connectivity index is 1.79. The second-order valence-electron chi connectivity index (χ2n) is 5.75. The van der Waals surface area contributed by atoms with Gasteiger partial charge in [-0.15, -0.1) is 0 Å². The van der Waals surface area contributed by atoms with Crippen molar-refractivity contribution in [2.45, 2.75) is 30.4 Å². The van der Waals surface area contributed by atoms with E-state index in [0.717, 1.165) is 12.8 Å². The summed E-state index contributed by atoms with van der Waals surface area (Å²) < 4.78 is 56.3. The third kappa shape index (κ3) is 4.55. The summed E-state index contributed by atoms with van der Waals surface area (Å²) in [5.41, 5.74) is 0.137. The van der Waals surface area contributed by atoms with Crippen LogP contribution < -0.4 is 14.8 Å². The minimum absolute atomic E-state index is 0.0133. The van der Waals surface area contributed by atoms with Gasteiger partial charge in [0.2, 0.25) is 10.0 Å². The molecule has 1 fully saturated rings. The first-order chi connectivity index (χ1) is 12.3. The molecular formula is C17H16F2N2O4S. The zero-order chi connectivity index (χ0) is 18.7. The van der Waals surface area contributed by atoms with Crippen LogP contribution in [0.15, 0.2) is 53.4 Å². The Morgan fingerprint density at radius 1 is 1.12 bits per heavy atom. The van der Waals surface area contributed by atoms with E-state index in [9.17, 15) is 22.0 Å². The predicted octanol–water partition coefficient (Wildman–Crippen LogP) is 2.98. The smallest absolute Gasteiger partial charge is 0.387 e. The maximum atomic E-state index is 12.5. The van der Waals surface area contributed by atoms with Gasteiger partial charge in [0.25, 0.3) is 5.91 Å². The average Bonchev–Trinajstić information content (AvgIpc) is 3.38. The molecule has 138 valence electrons. The number of alkyl halides is 2. The normalized spacial score (nSPS) is 14.3. The Hall–Kier alpha value is -2.52. The molecule has 0 aromatic heterocycles. The lowest BCUT2D eigenvalue weighted by atomic mass is 10.2. The van der Waals surface area contributed by atoms with Gasteiger partial charge in [-0.05, 0) is 43.2 Å². The van der Waals surface area contributed by atoms with Gasteiger partial charge in [-0.2, -0.15) is 8.78 Å². The summed E-state index contributed by atoms with van der Waals surface area (Å²) in [6.07, 6.45) is 1.60. The van der Waals surface area contributed by atoms with Gasteiger partial charge in [-0.3, -0.25) is 4.79 Å². The van der Waals surface area contributed by atoms with Gasteiger partial charge in [-0.1, -0.05) is 18.2 Å². The summed E-state index contributed by atoms with van der Waals surface area (Å²) in [6.45, 7) is -3.06. The van der Waals surface area contributed by atoms with E-state index in [1.165, 1.54) is 48.5 Å². The van der Waals surface area contributed by atoms with E-state index in [-0.39, 0.29) is 27.9 Å². The van der Waals surface area contributed by atoms with Gasteiger partial charge in [-0.25, -0.2) is 13.1 Å². The highest BCUT2D eigenvalue weighted by atomic mass is 32.2. The molecule has 6 nitrogen and oxygen atoms in total. The first-order valence-corrected chi connectivity index (χ1v) is 9.31. The molecule has 1 amide bonds. The van der Waals surface area contributed by atoms with Crippen molar-refractivity contribution >= 4 is 21.6 Å². The number of nitrogens with one attached hydrogen (secondary N) is 2. The number of amides is 1. The number of carbonyl (C=O) groups excluding carboxylic acids is 1. The largest absolute Gasteiger partial charge is 0.434 e. The van der Waals surface area contributed by atoms with E-state index in [1.807, 2.05) is 0 Å². The molecule has 2 aromatic carbocycles. The fourth-order valence-electron chi connectivity index (χ4n) is 2.28. The number of benzene rings is 2. The molecule has 1 aliphatic carbocycles. The number of halogens is 2. The van der Waals surface area contributed by atoms with Crippen LogP contribution in [0.3, 0.4) is 0 Å². The predicted molar refractivity (Wildman–Crippen MR) is 90.8 cm³/mol. The topological polar surface area (TPSA) is 84.5 Å². The lowest BCUT2D eigenvalue weighted by molar-refractivity contribution is -0.0501. The molecule has 1 aliphatic rings. The number of rotatable bonds is 7. The van der Waals surface area contributed by atoms with Crippen molar-refractivity contribution < 1.29 is 26.7 Å². The summed E-state index contributed by atoms with van der Waals surface area (Å²) >= 11 is 0. The van der Waals surface area contributed by atoms with Crippen molar-refractivity contribution in [2.24, 2.45) is 0 Å². The third-order valence-corrected chi connectivity index (χ3v) is 5.17. The van der Waals surface area contributed by atoms with Crippen molar-refractivity contribution in [1.29, 1.82) is 0 Å². The Bertz CT molecular complexity index is 914. The Labute approximate surface area is 149 Å². The monoisotopic (exact) mass is 382 g/mol. The molecule has 0 unspecified atom stereocenters. The van der Waals surface area contributed by atoms with Crippen molar-refractivity contribution in [3.63, 3.8) is 0 Å². The molecule has 26 heavy (non-hydrogen) atoms. The minimum atomic E-state index is -3.67. The van der Waals surface area contributed by atoms with Crippen LogP contribution in [0.5, 0.6) is 5.75 Å². The number of hydrogen-bond donors (Lipinski definition) is 2. The maximum Gasteiger partial charge on any atom is 0.387 e. The standard InChI is InChI=1S/C17H16F2N2O4S/c18-17(19)25-15-7-2-1-6-14(15)16(22)20-12-4-3-5-13(10-12)26(23,24)21-11-8-9-11/h1-7,10-11,17,21H,8-9H2,(H,20,22). The highest BCUT2D eigenvalue weighted by molar-refractivity contribution is 7.89. The summed E-state index contributed by atoms with van der Waals surface area (Å²) in [7, 11) is -3.67. The quantitative estimate of drug-likeness (QED) is 0.771. The first kappa shape index (κ1) is 18.3. The van der Waals surface area contributed by atoms with E-state index in [1.54, 1.807) is 0 Å². The zero-order valence-corrected chi connectivity index (χ0v) is 14.3. The first-order valence-electron chi connectivity index (χ1n) is 7.83. The van der Waals surface area contributed by atoms with Crippen LogP contribution in [-0.4, -0.2) is 27.0 Å². The number of anilines is 1. The number of carbonyl (C=O) groups is 1. The van der Waals surface area contributed by atoms with Gasteiger partial charge < -0.3 is 10.1 Å². The Kier molecular flexibility index (Phi) is 5.19. The van der Waals surface area contributed by atoms with Crippen molar-refractivity contribution in [3.05, 3.63) is 54.1 Å². The molecule has 2 N–H and O–H groups in total. The zero-order valence-electron chi connectivity index (χ0n) is 13.5. The van der Waals surface area contributed by atoms with Gasteiger partial charge in [0.05, 0.1) is 10.5 Å². The molecule has 0 heterocycles. The molecule has 0 aliphatic heterocycles. The van der Waals surface area contributed by atoms with Crippen LogP contribution in [0.4, 0.5) is 14.5 Å². The SMILES string of the molecule is O=C(Nc1cccc(S(=O)(=O)NC2CC2)c1)c1ccccc1OC(F)F. The van der Waals surface area contributed by atoms with Gasteiger partial charge in [0.15, 0.2) is 0 Å². The van der Waals surface area contributed by atoms with Crippen molar-refractivity contribution in [3.8, 4) is 5.75 Å². The molecule has 2 aromatic rings. The molecule has 0 radical (unpaired) electrons. The van der Waals surface area contributed by atoms with Crippen LogP contribution >= 0.6 is 0 Å². The second kappa shape index (κ2) is 7.38. The molecule has 1 saturated carbocycles. The number of hydrogen-bond acceptors (Lipinski definition) is 4. The van der Waals surface area contributed by atoms with E-state index < -0.39 is 22.5 Å². The lowest BCUT2D eigenvalue weighted by Crippen LogP contribution is -2.25.